The van der Waals surface area contributed by atoms with Crippen LogP contribution in [0.5, 0.6) is 0 Å². The van der Waals surface area contributed by atoms with Crippen LogP contribution in [0.4, 0.5) is 0 Å². The molecule has 4 nitrogen and oxygen atoms in total. The summed E-state index contributed by atoms with van der Waals surface area (Å²) in [5, 5.41) is 8.95. The van der Waals surface area contributed by atoms with Crippen molar-refractivity contribution in [1.29, 1.82) is 0 Å². The van der Waals surface area contributed by atoms with Gasteiger partial charge in [0.15, 0.2) is 5.43 Å². The maximum absolute atomic E-state index is 12.0. The molecule has 1 aromatic rings. The molecular weight excluding hydrogens is 206 g/mol. The van der Waals surface area contributed by atoms with Crippen molar-refractivity contribution >= 4 is 5.97 Å². The predicted octanol–water partition coefficient (Wildman–Crippen LogP) is 1.35. The number of nitrogens with zero attached hydrogens (tertiary/aromatic N) is 1. The number of aryl methyl sites for hydroxylation is 1. The van der Waals surface area contributed by atoms with Gasteiger partial charge in [-0.3, -0.25) is 4.79 Å². The molecule has 0 fully saturated rings. The van der Waals surface area contributed by atoms with Gasteiger partial charge in [0.25, 0.3) is 0 Å². The monoisotopic (exact) mass is 221 g/mol. The molecule has 4 heteroatoms. The van der Waals surface area contributed by atoms with Crippen LogP contribution in [0.1, 0.15) is 40.9 Å². The zero-order valence-corrected chi connectivity index (χ0v) is 9.32. The second kappa shape index (κ2) is 4.12. The summed E-state index contributed by atoms with van der Waals surface area (Å²) in [6.45, 7) is 0. The molecule has 86 valence electrons. The molecule has 1 aliphatic rings. The number of fused-ring (bicyclic) bond motifs is 1. The van der Waals surface area contributed by atoms with Crippen LogP contribution < -0.4 is 5.43 Å². The van der Waals surface area contributed by atoms with Gasteiger partial charge in [0.05, 0.1) is 0 Å². The molecule has 0 aliphatic heterocycles. The normalized spacial score (nSPS) is 15.3. The van der Waals surface area contributed by atoms with Gasteiger partial charge in [0.2, 0.25) is 0 Å². The minimum absolute atomic E-state index is 0.108. The van der Waals surface area contributed by atoms with Gasteiger partial charge in [-0.25, -0.2) is 4.79 Å². The highest BCUT2D eigenvalue weighted by molar-refractivity contribution is 5.87. The smallest absolute Gasteiger partial charge is 0.341 e. The number of hydrogen-bond donors (Lipinski definition) is 1. The first-order chi connectivity index (χ1) is 7.61. The molecule has 16 heavy (non-hydrogen) atoms. The molecule has 0 amide bonds. The number of hydrogen-bond acceptors (Lipinski definition) is 2. The van der Waals surface area contributed by atoms with E-state index in [1.54, 1.807) is 4.57 Å². The molecule has 0 unspecified atom stereocenters. The lowest BCUT2D eigenvalue weighted by molar-refractivity contribution is 0.0694. The minimum Gasteiger partial charge on any atom is -0.477 e. The highest BCUT2D eigenvalue weighted by Gasteiger charge is 2.19. The van der Waals surface area contributed by atoms with Crippen LogP contribution in [0.2, 0.25) is 0 Å². The van der Waals surface area contributed by atoms with E-state index in [1.165, 1.54) is 6.20 Å². The maximum atomic E-state index is 12.0. The van der Waals surface area contributed by atoms with Crippen molar-refractivity contribution in [2.24, 2.45) is 7.05 Å². The van der Waals surface area contributed by atoms with E-state index in [0.29, 0.717) is 12.0 Å². The van der Waals surface area contributed by atoms with Crippen molar-refractivity contribution in [1.82, 2.24) is 4.57 Å². The van der Waals surface area contributed by atoms with Crippen molar-refractivity contribution < 1.29 is 9.90 Å². The van der Waals surface area contributed by atoms with Crippen LogP contribution >= 0.6 is 0 Å². The largest absolute Gasteiger partial charge is 0.477 e. The molecule has 0 aromatic carbocycles. The van der Waals surface area contributed by atoms with E-state index in [-0.39, 0.29) is 11.0 Å². The van der Waals surface area contributed by atoms with E-state index in [4.69, 9.17) is 5.11 Å². The molecule has 0 radical (unpaired) electrons. The fourth-order valence-electron chi connectivity index (χ4n) is 2.35. The molecule has 1 heterocycles. The van der Waals surface area contributed by atoms with Crippen LogP contribution in [0.25, 0.3) is 0 Å². The van der Waals surface area contributed by atoms with Gasteiger partial charge in [0.1, 0.15) is 5.56 Å². The molecule has 0 atom stereocenters. The molecule has 1 N–H and O–H groups in total. The summed E-state index contributed by atoms with van der Waals surface area (Å²) in [6, 6.07) is 0. The van der Waals surface area contributed by atoms with Gasteiger partial charge in [-0.1, -0.05) is 6.42 Å². The molecule has 1 aliphatic carbocycles. The fourth-order valence-corrected chi connectivity index (χ4v) is 2.35. The highest BCUT2D eigenvalue weighted by atomic mass is 16.4. The van der Waals surface area contributed by atoms with Crippen molar-refractivity contribution in [3.05, 3.63) is 33.2 Å². The number of carboxylic acids is 1. The number of carbonyl (C=O) groups is 1. The average molecular weight is 221 g/mol. The van der Waals surface area contributed by atoms with Crippen molar-refractivity contribution in [3.8, 4) is 0 Å². The Labute approximate surface area is 93.5 Å². The van der Waals surface area contributed by atoms with Crippen LogP contribution in [0, 0.1) is 0 Å². The Morgan fingerprint density at radius 2 is 2.00 bits per heavy atom. The van der Waals surface area contributed by atoms with E-state index < -0.39 is 5.97 Å². The molecule has 1 aromatic heterocycles. The van der Waals surface area contributed by atoms with Gasteiger partial charge < -0.3 is 9.67 Å². The summed E-state index contributed by atoms with van der Waals surface area (Å²) in [6.07, 6.45) is 6.19. The van der Waals surface area contributed by atoms with Crippen molar-refractivity contribution in [2.45, 2.75) is 32.1 Å². The molecular formula is C12H15NO3. The zero-order valence-electron chi connectivity index (χ0n) is 9.32. The third kappa shape index (κ3) is 1.75. The van der Waals surface area contributed by atoms with E-state index in [0.717, 1.165) is 31.4 Å². The number of aromatic carboxylic acids is 1. The standard InChI is InChI=1S/C12H15NO3/c1-13-7-9(12(15)16)11(14)8-5-3-2-4-6-10(8)13/h7H,2-6H2,1H3,(H,15,16). The van der Waals surface area contributed by atoms with Crippen molar-refractivity contribution in [3.63, 3.8) is 0 Å². The van der Waals surface area contributed by atoms with Gasteiger partial charge in [0, 0.05) is 24.5 Å². The first-order valence-corrected chi connectivity index (χ1v) is 5.56. The lowest BCUT2D eigenvalue weighted by Crippen LogP contribution is -2.24. The van der Waals surface area contributed by atoms with Gasteiger partial charge in [-0.05, 0) is 25.7 Å². The number of pyridine rings is 1. The van der Waals surface area contributed by atoms with E-state index in [1.807, 2.05) is 7.05 Å². The van der Waals surface area contributed by atoms with Gasteiger partial charge in [-0.2, -0.15) is 0 Å². The van der Waals surface area contributed by atoms with Crippen molar-refractivity contribution in [2.75, 3.05) is 0 Å². The third-order valence-corrected chi connectivity index (χ3v) is 3.19. The summed E-state index contributed by atoms with van der Waals surface area (Å²) >= 11 is 0. The van der Waals surface area contributed by atoms with Crippen LogP contribution in [0.3, 0.4) is 0 Å². The second-order valence-corrected chi connectivity index (χ2v) is 4.27. The number of aromatic nitrogens is 1. The van der Waals surface area contributed by atoms with E-state index >= 15 is 0 Å². The molecule has 2 rings (SSSR count). The highest BCUT2D eigenvalue weighted by Crippen LogP contribution is 2.18. The lowest BCUT2D eigenvalue weighted by Gasteiger charge is -2.12. The third-order valence-electron chi connectivity index (χ3n) is 3.19. The first-order valence-electron chi connectivity index (χ1n) is 5.56. The Morgan fingerprint density at radius 3 is 2.69 bits per heavy atom. The Balaban J connectivity index is 2.66. The molecule has 0 bridgehead atoms. The Hall–Kier alpha value is -1.58. The Kier molecular flexibility index (Phi) is 2.81. The maximum Gasteiger partial charge on any atom is 0.341 e. The van der Waals surface area contributed by atoms with E-state index in [2.05, 4.69) is 0 Å². The van der Waals surface area contributed by atoms with Crippen LogP contribution in [-0.2, 0) is 19.9 Å². The quantitative estimate of drug-likeness (QED) is 0.728. The Bertz CT molecular complexity index is 488. The SMILES string of the molecule is Cn1cc(C(=O)O)c(=O)c2c1CCCCC2. The first kappa shape index (κ1) is 10.9. The summed E-state index contributed by atoms with van der Waals surface area (Å²) in [7, 11) is 1.82. The second-order valence-electron chi connectivity index (χ2n) is 4.27. The molecule has 0 saturated heterocycles. The summed E-state index contributed by atoms with van der Waals surface area (Å²) in [4.78, 5) is 22.9. The lowest BCUT2D eigenvalue weighted by atomic mass is 10.1. The molecule has 0 spiro atoms. The van der Waals surface area contributed by atoms with Gasteiger partial charge >= 0.3 is 5.97 Å². The average Bonchev–Trinajstić information content (AvgIpc) is 2.48. The van der Waals surface area contributed by atoms with Crippen LogP contribution in [0.15, 0.2) is 11.0 Å². The summed E-state index contributed by atoms with van der Waals surface area (Å²) in [5.41, 5.74) is 1.32. The fraction of sp³-hybridized carbons (Fsp3) is 0.500. The van der Waals surface area contributed by atoms with Gasteiger partial charge in [-0.15, -0.1) is 0 Å². The van der Waals surface area contributed by atoms with E-state index in [9.17, 15) is 9.59 Å². The summed E-state index contributed by atoms with van der Waals surface area (Å²) in [5.74, 6) is -1.13. The minimum atomic E-state index is -1.13. The zero-order chi connectivity index (χ0) is 11.7. The Morgan fingerprint density at radius 1 is 1.31 bits per heavy atom. The number of rotatable bonds is 1. The predicted molar refractivity (Wildman–Crippen MR) is 59.9 cm³/mol. The molecule has 0 saturated carbocycles. The topological polar surface area (TPSA) is 59.3 Å². The summed E-state index contributed by atoms with van der Waals surface area (Å²) < 4.78 is 1.80. The van der Waals surface area contributed by atoms with Crippen LogP contribution in [-0.4, -0.2) is 15.6 Å². The number of carboxylic acid groups (broad SMARTS) is 1.